The van der Waals surface area contributed by atoms with Gasteiger partial charge in [0.15, 0.2) is 5.82 Å². The lowest BCUT2D eigenvalue weighted by Crippen LogP contribution is -2.08. The second-order valence-electron chi connectivity index (χ2n) is 4.96. The van der Waals surface area contributed by atoms with Crippen molar-refractivity contribution in [1.29, 1.82) is 0 Å². The van der Waals surface area contributed by atoms with Gasteiger partial charge in [-0.1, -0.05) is 12.1 Å². The van der Waals surface area contributed by atoms with Gasteiger partial charge in [-0.15, -0.1) is 10.2 Å². The van der Waals surface area contributed by atoms with E-state index in [0.717, 1.165) is 17.1 Å². The largest absolute Gasteiger partial charge is 0.378 e. The summed E-state index contributed by atoms with van der Waals surface area (Å²) >= 11 is 0. The molecule has 0 aliphatic rings. The number of hydrogen-bond donors (Lipinski definition) is 1. The van der Waals surface area contributed by atoms with Crippen LogP contribution in [0.25, 0.3) is 11.4 Å². The summed E-state index contributed by atoms with van der Waals surface area (Å²) in [5.41, 5.74) is 3.27. The first-order chi connectivity index (χ1) is 10.3. The third-order valence-corrected chi connectivity index (χ3v) is 3.46. The highest BCUT2D eigenvalue weighted by molar-refractivity contribution is 5.73. The average Bonchev–Trinajstić information content (AvgIpc) is 2.95. The number of nitrogens with zero attached hydrogens (tertiary/aromatic N) is 4. The van der Waals surface area contributed by atoms with Crippen LogP contribution in [-0.2, 0) is 7.05 Å². The maximum absolute atomic E-state index is 4.19. The number of hydrogen-bond acceptors (Lipinski definition) is 4. The van der Waals surface area contributed by atoms with Crippen molar-refractivity contribution in [2.75, 3.05) is 5.32 Å². The molecule has 0 fully saturated rings. The molecule has 0 saturated carbocycles. The molecular formula is C16H17N5. The summed E-state index contributed by atoms with van der Waals surface area (Å²) < 4.78 is 1.91. The predicted molar refractivity (Wildman–Crippen MR) is 82.7 cm³/mol. The van der Waals surface area contributed by atoms with Crippen LogP contribution >= 0.6 is 0 Å². The first-order valence-electron chi connectivity index (χ1n) is 6.85. The van der Waals surface area contributed by atoms with E-state index in [2.05, 4.69) is 33.5 Å². The molecule has 0 aliphatic heterocycles. The smallest absolute Gasteiger partial charge is 0.165 e. The van der Waals surface area contributed by atoms with Gasteiger partial charge < -0.3 is 9.88 Å². The molecule has 2 heterocycles. The van der Waals surface area contributed by atoms with Crippen molar-refractivity contribution in [3.63, 3.8) is 0 Å². The Morgan fingerprint density at radius 3 is 2.57 bits per heavy atom. The second kappa shape index (κ2) is 5.75. The molecule has 106 valence electrons. The van der Waals surface area contributed by atoms with Gasteiger partial charge in [-0.25, -0.2) is 0 Å². The summed E-state index contributed by atoms with van der Waals surface area (Å²) in [4.78, 5) is 4.06. The van der Waals surface area contributed by atoms with E-state index < -0.39 is 0 Å². The van der Waals surface area contributed by atoms with E-state index in [1.807, 2.05) is 54.3 Å². The molecule has 0 saturated heterocycles. The molecule has 3 aromatic rings. The van der Waals surface area contributed by atoms with Crippen molar-refractivity contribution in [2.45, 2.75) is 13.0 Å². The molecular weight excluding hydrogens is 262 g/mol. The Balaban J connectivity index is 1.92. The standard InChI is InChI=1S/C16H17N5/c1-12(13-7-9-17-10-8-13)19-15-6-4-3-5-14(15)16-20-18-11-21(16)2/h3-12,19H,1-2H3. The lowest BCUT2D eigenvalue weighted by atomic mass is 10.1. The molecule has 2 aromatic heterocycles. The summed E-state index contributed by atoms with van der Waals surface area (Å²) in [6.07, 6.45) is 5.32. The quantitative estimate of drug-likeness (QED) is 0.797. The predicted octanol–water partition coefficient (Wildman–Crippen LogP) is 3.05. The zero-order valence-electron chi connectivity index (χ0n) is 12.1. The Morgan fingerprint density at radius 2 is 1.86 bits per heavy atom. The van der Waals surface area contributed by atoms with Crippen molar-refractivity contribution >= 4 is 5.69 Å². The summed E-state index contributed by atoms with van der Waals surface area (Å²) in [6.45, 7) is 2.13. The fraction of sp³-hybridized carbons (Fsp3) is 0.188. The Labute approximate surface area is 123 Å². The molecule has 1 N–H and O–H groups in total. The molecule has 5 nitrogen and oxygen atoms in total. The fourth-order valence-electron chi connectivity index (χ4n) is 2.30. The molecule has 0 bridgehead atoms. The van der Waals surface area contributed by atoms with E-state index >= 15 is 0 Å². The molecule has 0 spiro atoms. The first-order valence-corrected chi connectivity index (χ1v) is 6.85. The number of para-hydroxylation sites is 1. The van der Waals surface area contributed by atoms with Gasteiger partial charge in [-0.2, -0.15) is 0 Å². The minimum absolute atomic E-state index is 0.183. The van der Waals surface area contributed by atoms with Crippen molar-refractivity contribution in [3.05, 3.63) is 60.7 Å². The topological polar surface area (TPSA) is 55.6 Å². The number of anilines is 1. The van der Waals surface area contributed by atoms with E-state index in [-0.39, 0.29) is 6.04 Å². The normalized spacial score (nSPS) is 12.1. The SMILES string of the molecule is CC(Nc1ccccc1-c1nncn1C)c1ccncc1. The highest BCUT2D eigenvalue weighted by Gasteiger charge is 2.12. The van der Waals surface area contributed by atoms with Gasteiger partial charge in [0.2, 0.25) is 0 Å². The summed E-state index contributed by atoms with van der Waals surface area (Å²) in [6, 6.07) is 12.3. The number of rotatable bonds is 4. The molecule has 5 heteroatoms. The van der Waals surface area contributed by atoms with Crippen molar-refractivity contribution in [2.24, 2.45) is 7.05 Å². The van der Waals surface area contributed by atoms with E-state index in [0.29, 0.717) is 0 Å². The molecule has 0 aliphatic carbocycles. The van der Waals surface area contributed by atoms with Gasteiger partial charge >= 0.3 is 0 Å². The Bertz CT molecular complexity index is 720. The molecule has 3 rings (SSSR count). The fourth-order valence-corrected chi connectivity index (χ4v) is 2.30. The van der Waals surface area contributed by atoms with Crippen molar-refractivity contribution < 1.29 is 0 Å². The zero-order valence-corrected chi connectivity index (χ0v) is 12.1. The Morgan fingerprint density at radius 1 is 1.10 bits per heavy atom. The van der Waals surface area contributed by atoms with Crippen LogP contribution in [0.1, 0.15) is 18.5 Å². The maximum Gasteiger partial charge on any atom is 0.165 e. The lowest BCUT2D eigenvalue weighted by molar-refractivity contribution is 0.878. The van der Waals surface area contributed by atoms with E-state index in [4.69, 9.17) is 0 Å². The minimum Gasteiger partial charge on any atom is -0.378 e. The lowest BCUT2D eigenvalue weighted by Gasteiger charge is -2.18. The van der Waals surface area contributed by atoms with Crippen molar-refractivity contribution in [1.82, 2.24) is 19.7 Å². The Kier molecular flexibility index (Phi) is 3.64. The van der Waals surface area contributed by atoms with Gasteiger partial charge in [0.05, 0.1) is 0 Å². The van der Waals surface area contributed by atoms with Crippen LogP contribution in [0.5, 0.6) is 0 Å². The summed E-state index contributed by atoms with van der Waals surface area (Å²) in [7, 11) is 1.94. The van der Waals surface area contributed by atoms with Gasteiger partial charge in [0.25, 0.3) is 0 Å². The average molecular weight is 279 g/mol. The molecule has 0 radical (unpaired) electrons. The highest BCUT2D eigenvalue weighted by Crippen LogP contribution is 2.28. The zero-order chi connectivity index (χ0) is 14.7. The summed E-state index contributed by atoms with van der Waals surface area (Å²) in [5.74, 6) is 0.847. The number of nitrogens with one attached hydrogen (secondary N) is 1. The van der Waals surface area contributed by atoms with Gasteiger partial charge in [0, 0.05) is 36.7 Å². The Hall–Kier alpha value is -2.69. The number of benzene rings is 1. The van der Waals surface area contributed by atoms with E-state index in [1.165, 1.54) is 5.56 Å². The third-order valence-electron chi connectivity index (χ3n) is 3.46. The van der Waals surface area contributed by atoms with Gasteiger partial charge in [-0.05, 0) is 36.8 Å². The second-order valence-corrected chi connectivity index (χ2v) is 4.96. The third kappa shape index (κ3) is 2.76. The molecule has 21 heavy (non-hydrogen) atoms. The van der Waals surface area contributed by atoms with Crippen LogP contribution in [0.3, 0.4) is 0 Å². The molecule has 1 aromatic carbocycles. The molecule has 0 amide bonds. The minimum atomic E-state index is 0.183. The van der Waals surface area contributed by atoms with Crippen LogP contribution in [0.4, 0.5) is 5.69 Å². The van der Waals surface area contributed by atoms with Crippen molar-refractivity contribution in [3.8, 4) is 11.4 Å². The monoisotopic (exact) mass is 279 g/mol. The van der Waals surface area contributed by atoms with Crippen LogP contribution < -0.4 is 5.32 Å². The summed E-state index contributed by atoms with van der Waals surface area (Å²) in [5, 5.41) is 11.7. The van der Waals surface area contributed by atoms with E-state index in [9.17, 15) is 0 Å². The molecule has 1 unspecified atom stereocenters. The first kappa shape index (κ1) is 13.3. The number of aryl methyl sites for hydroxylation is 1. The van der Waals surface area contributed by atoms with Gasteiger partial charge in [-0.3, -0.25) is 4.98 Å². The van der Waals surface area contributed by atoms with E-state index in [1.54, 1.807) is 6.33 Å². The maximum atomic E-state index is 4.19. The van der Waals surface area contributed by atoms with Crippen LogP contribution in [0, 0.1) is 0 Å². The number of aromatic nitrogens is 4. The van der Waals surface area contributed by atoms with Crippen LogP contribution in [0.2, 0.25) is 0 Å². The highest BCUT2D eigenvalue weighted by atomic mass is 15.2. The van der Waals surface area contributed by atoms with Crippen LogP contribution in [-0.4, -0.2) is 19.7 Å². The molecule has 1 atom stereocenters. The van der Waals surface area contributed by atoms with Crippen LogP contribution in [0.15, 0.2) is 55.1 Å². The van der Waals surface area contributed by atoms with Gasteiger partial charge in [0.1, 0.15) is 6.33 Å². The number of pyridine rings is 1.